The Hall–Kier alpha value is -1.48. The fourth-order valence-corrected chi connectivity index (χ4v) is 4.10. The molecule has 1 N–H and O–H groups in total. The Morgan fingerprint density at radius 2 is 2.19 bits per heavy atom. The van der Waals surface area contributed by atoms with E-state index >= 15 is 0 Å². The molecule has 142 valence electrons. The number of ether oxygens (including phenoxy) is 2. The highest BCUT2D eigenvalue weighted by Gasteiger charge is 2.19. The van der Waals surface area contributed by atoms with Crippen LogP contribution in [0, 0.1) is 0 Å². The highest BCUT2D eigenvalue weighted by atomic mass is 35.5. The van der Waals surface area contributed by atoms with Crippen molar-refractivity contribution in [3.8, 4) is 0 Å². The van der Waals surface area contributed by atoms with Gasteiger partial charge in [-0.1, -0.05) is 0 Å². The van der Waals surface area contributed by atoms with Gasteiger partial charge in [-0.2, -0.15) is 4.98 Å². The van der Waals surface area contributed by atoms with Crippen molar-refractivity contribution in [2.75, 3.05) is 44.9 Å². The zero-order chi connectivity index (χ0) is 18.4. The van der Waals surface area contributed by atoms with Crippen molar-refractivity contribution in [2.45, 2.75) is 25.8 Å². The normalized spacial score (nSPS) is 14.8. The fraction of sp³-hybridized carbons (Fsp3) is 0.588. The van der Waals surface area contributed by atoms with Crippen LogP contribution in [0.15, 0.2) is 6.07 Å². The number of aromatic nitrogens is 2. The summed E-state index contributed by atoms with van der Waals surface area (Å²) >= 11 is 7.82. The second-order valence-electron chi connectivity index (χ2n) is 6.05. The van der Waals surface area contributed by atoms with Crippen LogP contribution >= 0.6 is 22.9 Å². The Balaban J connectivity index is 1.59. The number of fused-ring (bicyclic) bond motifs is 1. The van der Waals surface area contributed by atoms with Crippen LogP contribution in [0.25, 0.3) is 10.2 Å². The number of anilines is 1. The van der Waals surface area contributed by atoms with E-state index in [0.29, 0.717) is 19.6 Å². The second kappa shape index (κ2) is 9.45. The highest BCUT2D eigenvalue weighted by molar-refractivity contribution is 7.19. The molecule has 0 amide bonds. The van der Waals surface area contributed by atoms with Gasteiger partial charge in [-0.3, -0.25) is 4.79 Å². The summed E-state index contributed by atoms with van der Waals surface area (Å²) in [6, 6.07) is 2.07. The molecule has 2 aromatic heterocycles. The molecule has 1 fully saturated rings. The SMILES string of the molecule is COC(=O)CCCCNCc1cc2nc(Cl)nc(N3CCOCC3)c2s1. The number of carbonyl (C=O) groups is 1. The lowest BCUT2D eigenvalue weighted by Gasteiger charge is -2.28. The number of thiophene rings is 1. The van der Waals surface area contributed by atoms with Crippen molar-refractivity contribution in [1.29, 1.82) is 0 Å². The van der Waals surface area contributed by atoms with Gasteiger partial charge in [-0.25, -0.2) is 4.98 Å². The first-order valence-corrected chi connectivity index (χ1v) is 9.93. The fourth-order valence-electron chi connectivity index (χ4n) is 2.85. The smallest absolute Gasteiger partial charge is 0.305 e. The predicted octanol–water partition coefficient (Wildman–Crippen LogP) is 2.61. The predicted molar refractivity (Wildman–Crippen MR) is 103 cm³/mol. The Kier molecular flexibility index (Phi) is 7.01. The largest absolute Gasteiger partial charge is 0.469 e. The molecule has 0 atom stereocenters. The lowest BCUT2D eigenvalue weighted by Crippen LogP contribution is -2.36. The summed E-state index contributed by atoms with van der Waals surface area (Å²) in [7, 11) is 1.42. The first-order valence-electron chi connectivity index (χ1n) is 8.73. The minimum Gasteiger partial charge on any atom is -0.469 e. The molecular formula is C17H23ClN4O3S. The number of halogens is 1. The number of hydrogen-bond donors (Lipinski definition) is 1. The molecule has 0 radical (unpaired) electrons. The third-order valence-corrected chi connectivity index (χ3v) is 5.49. The minimum atomic E-state index is -0.152. The van der Waals surface area contributed by atoms with E-state index in [1.165, 1.54) is 12.0 Å². The van der Waals surface area contributed by atoms with Crippen LogP contribution in [0.2, 0.25) is 5.28 Å². The number of nitrogens with zero attached hydrogens (tertiary/aromatic N) is 3. The van der Waals surface area contributed by atoms with Gasteiger partial charge >= 0.3 is 5.97 Å². The maximum absolute atomic E-state index is 11.1. The van der Waals surface area contributed by atoms with Crippen molar-refractivity contribution < 1.29 is 14.3 Å². The average molecular weight is 399 g/mol. The maximum Gasteiger partial charge on any atom is 0.305 e. The topological polar surface area (TPSA) is 76.6 Å². The molecule has 1 aliphatic rings. The van der Waals surface area contributed by atoms with E-state index in [2.05, 4.69) is 31.0 Å². The summed E-state index contributed by atoms with van der Waals surface area (Å²) in [5.41, 5.74) is 0.888. The first kappa shape index (κ1) is 19.3. The maximum atomic E-state index is 11.1. The van der Waals surface area contributed by atoms with Crippen molar-refractivity contribution in [2.24, 2.45) is 0 Å². The minimum absolute atomic E-state index is 0.152. The van der Waals surface area contributed by atoms with Gasteiger partial charge in [-0.05, 0) is 37.1 Å². The zero-order valence-corrected chi connectivity index (χ0v) is 16.4. The number of esters is 1. The molecule has 3 heterocycles. The highest BCUT2D eigenvalue weighted by Crippen LogP contribution is 2.33. The third-order valence-electron chi connectivity index (χ3n) is 4.20. The number of carbonyl (C=O) groups excluding carboxylic acids is 1. The quantitative estimate of drug-likeness (QED) is 0.416. The molecule has 0 saturated carbocycles. The Bertz CT molecular complexity index is 749. The van der Waals surface area contributed by atoms with Crippen molar-refractivity contribution >= 4 is 44.9 Å². The molecular weight excluding hydrogens is 376 g/mol. The molecule has 0 aromatic carbocycles. The third kappa shape index (κ3) is 5.03. The van der Waals surface area contributed by atoms with E-state index in [9.17, 15) is 4.79 Å². The Morgan fingerprint density at radius 3 is 2.96 bits per heavy atom. The molecule has 0 aliphatic carbocycles. The van der Waals surface area contributed by atoms with Gasteiger partial charge in [0.05, 0.1) is 30.5 Å². The van der Waals surface area contributed by atoms with Gasteiger partial charge in [0.25, 0.3) is 0 Å². The number of nitrogens with one attached hydrogen (secondary N) is 1. The lowest BCUT2D eigenvalue weighted by atomic mass is 10.2. The summed E-state index contributed by atoms with van der Waals surface area (Å²) < 4.78 is 11.1. The zero-order valence-electron chi connectivity index (χ0n) is 14.8. The standard InChI is InChI=1S/C17H23ClN4O3S/c1-24-14(23)4-2-3-5-19-11-12-10-13-15(26-12)16(21-17(18)20-13)22-6-8-25-9-7-22/h10,19H,2-9,11H2,1H3. The number of methoxy groups -OCH3 is 1. The van der Waals surface area contributed by atoms with E-state index < -0.39 is 0 Å². The van der Waals surface area contributed by atoms with Crippen LogP contribution < -0.4 is 10.2 Å². The molecule has 1 saturated heterocycles. The van der Waals surface area contributed by atoms with E-state index in [0.717, 1.165) is 55.1 Å². The van der Waals surface area contributed by atoms with Gasteiger partial charge in [0.1, 0.15) is 0 Å². The van der Waals surface area contributed by atoms with Crippen molar-refractivity contribution in [1.82, 2.24) is 15.3 Å². The van der Waals surface area contributed by atoms with Gasteiger partial charge in [0, 0.05) is 30.9 Å². The van der Waals surface area contributed by atoms with Crippen LogP contribution in [0.3, 0.4) is 0 Å². The van der Waals surface area contributed by atoms with Gasteiger partial charge in [-0.15, -0.1) is 11.3 Å². The van der Waals surface area contributed by atoms with Crippen LogP contribution in [0.4, 0.5) is 5.82 Å². The summed E-state index contributed by atoms with van der Waals surface area (Å²) in [5, 5.41) is 3.69. The van der Waals surface area contributed by atoms with E-state index in [1.807, 2.05) is 0 Å². The molecule has 7 nitrogen and oxygen atoms in total. The summed E-state index contributed by atoms with van der Waals surface area (Å²) in [4.78, 5) is 23.3. The molecule has 9 heteroatoms. The van der Waals surface area contributed by atoms with Crippen LogP contribution in [0.1, 0.15) is 24.1 Å². The van der Waals surface area contributed by atoms with Crippen molar-refractivity contribution in [3.05, 3.63) is 16.2 Å². The molecule has 0 spiro atoms. The number of rotatable bonds is 8. The molecule has 0 unspecified atom stereocenters. The summed E-state index contributed by atoms with van der Waals surface area (Å²) in [5.74, 6) is 0.748. The van der Waals surface area contributed by atoms with Crippen LogP contribution in [0.5, 0.6) is 0 Å². The molecule has 26 heavy (non-hydrogen) atoms. The van der Waals surface area contributed by atoms with E-state index in [-0.39, 0.29) is 11.3 Å². The average Bonchev–Trinajstić information content (AvgIpc) is 3.06. The molecule has 0 bridgehead atoms. The number of morpholine rings is 1. The first-order chi connectivity index (χ1) is 12.7. The second-order valence-corrected chi connectivity index (χ2v) is 7.53. The van der Waals surface area contributed by atoms with Gasteiger partial charge in [0.15, 0.2) is 5.82 Å². The van der Waals surface area contributed by atoms with E-state index in [4.69, 9.17) is 16.3 Å². The number of hydrogen-bond acceptors (Lipinski definition) is 8. The summed E-state index contributed by atoms with van der Waals surface area (Å²) in [6.07, 6.45) is 2.23. The Morgan fingerprint density at radius 1 is 1.38 bits per heavy atom. The molecule has 3 rings (SSSR count). The monoisotopic (exact) mass is 398 g/mol. The molecule has 2 aromatic rings. The van der Waals surface area contributed by atoms with E-state index in [1.54, 1.807) is 11.3 Å². The van der Waals surface area contributed by atoms with Crippen molar-refractivity contribution in [3.63, 3.8) is 0 Å². The van der Waals surface area contributed by atoms with Crippen LogP contribution in [-0.2, 0) is 20.8 Å². The van der Waals surface area contributed by atoms with Gasteiger partial charge < -0.3 is 19.7 Å². The number of unbranched alkanes of at least 4 members (excludes halogenated alkanes) is 1. The van der Waals surface area contributed by atoms with Gasteiger partial charge in [0.2, 0.25) is 5.28 Å². The summed E-state index contributed by atoms with van der Waals surface area (Å²) in [6.45, 7) is 4.65. The van der Waals surface area contributed by atoms with Crippen LogP contribution in [-0.4, -0.2) is 55.9 Å². The molecule has 1 aliphatic heterocycles. The Labute approximate surface area is 161 Å². The lowest BCUT2D eigenvalue weighted by molar-refractivity contribution is -0.140.